The number of rotatable bonds is 7. The highest BCUT2D eigenvalue weighted by Crippen LogP contribution is 2.20. The number of carboxylic acid groups (broad SMARTS) is 1. The molecule has 0 aromatic heterocycles. The van der Waals surface area contributed by atoms with E-state index in [2.05, 4.69) is 5.32 Å². The molecule has 6 nitrogen and oxygen atoms in total. The molecule has 3 rings (SSSR count). The Morgan fingerprint density at radius 1 is 1.07 bits per heavy atom. The van der Waals surface area contributed by atoms with Gasteiger partial charge in [-0.25, -0.2) is 4.79 Å². The Morgan fingerprint density at radius 2 is 1.81 bits per heavy atom. The van der Waals surface area contributed by atoms with Crippen molar-refractivity contribution < 1.29 is 19.5 Å². The van der Waals surface area contributed by atoms with E-state index in [0.29, 0.717) is 26.1 Å². The van der Waals surface area contributed by atoms with Gasteiger partial charge in [-0.05, 0) is 29.7 Å². The highest BCUT2D eigenvalue weighted by molar-refractivity contribution is 5.89. The van der Waals surface area contributed by atoms with Gasteiger partial charge in [0.25, 0.3) is 0 Å². The van der Waals surface area contributed by atoms with Gasteiger partial charge >= 0.3 is 5.97 Å². The summed E-state index contributed by atoms with van der Waals surface area (Å²) < 4.78 is 0. The van der Waals surface area contributed by atoms with E-state index < -0.39 is 5.97 Å². The van der Waals surface area contributed by atoms with Crippen LogP contribution in [0.5, 0.6) is 0 Å². The number of hydrogen-bond acceptors (Lipinski definition) is 3. The van der Waals surface area contributed by atoms with Gasteiger partial charge in [0.2, 0.25) is 11.8 Å². The molecular weight excluding hydrogens is 344 g/mol. The van der Waals surface area contributed by atoms with Crippen LogP contribution in [0.25, 0.3) is 0 Å². The van der Waals surface area contributed by atoms with Crippen LogP contribution in [0.2, 0.25) is 0 Å². The Kier molecular flexibility index (Phi) is 5.86. The van der Waals surface area contributed by atoms with Crippen LogP contribution in [0.15, 0.2) is 54.6 Å². The van der Waals surface area contributed by atoms with E-state index in [0.717, 1.165) is 11.1 Å². The number of carboxylic acids is 1. The zero-order chi connectivity index (χ0) is 19.2. The largest absolute Gasteiger partial charge is 0.478 e. The van der Waals surface area contributed by atoms with Crippen molar-refractivity contribution in [3.8, 4) is 0 Å². The first-order chi connectivity index (χ1) is 13.0. The number of carbonyl (C=O) groups excluding carboxylic acids is 2. The van der Waals surface area contributed by atoms with Gasteiger partial charge in [-0.1, -0.05) is 42.5 Å². The van der Waals surface area contributed by atoms with Crippen LogP contribution in [0.4, 0.5) is 0 Å². The minimum Gasteiger partial charge on any atom is -0.478 e. The molecule has 0 radical (unpaired) electrons. The van der Waals surface area contributed by atoms with Crippen LogP contribution < -0.4 is 5.32 Å². The van der Waals surface area contributed by atoms with Crippen molar-refractivity contribution in [1.82, 2.24) is 10.2 Å². The average Bonchev–Trinajstić information content (AvgIpc) is 3.03. The second-order valence-corrected chi connectivity index (χ2v) is 6.71. The number of amides is 2. The van der Waals surface area contributed by atoms with Crippen molar-refractivity contribution in [2.24, 2.45) is 5.92 Å². The van der Waals surface area contributed by atoms with E-state index in [-0.39, 0.29) is 29.7 Å². The summed E-state index contributed by atoms with van der Waals surface area (Å²) in [7, 11) is 0. The minimum absolute atomic E-state index is 0.00633. The molecule has 1 saturated heterocycles. The predicted octanol–water partition coefficient (Wildman–Crippen LogP) is 2.09. The lowest BCUT2D eigenvalue weighted by Crippen LogP contribution is -2.34. The number of aromatic carboxylic acids is 1. The predicted molar refractivity (Wildman–Crippen MR) is 100 cm³/mol. The van der Waals surface area contributed by atoms with Crippen molar-refractivity contribution in [1.29, 1.82) is 0 Å². The molecule has 2 aromatic rings. The van der Waals surface area contributed by atoms with Gasteiger partial charge in [-0.15, -0.1) is 0 Å². The molecule has 0 saturated carbocycles. The summed E-state index contributed by atoms with van der Waals surface area (Å²) in [6, 6.07) is 16.4. The maximum absolute atomic E-state index is 12.4. The van der Waals surface area contributed by atoms with Crippen LogP contribution in [0.1, 0.15) is 27.9 Å². The highest BCUT2D eigenvalue weighted by atomic mass is 16.4. The lowest BCUT2D eigenvalue weighted by molar-refractivity contribution is -0.129. The zero-order valence-corrected chi connectivity index (χ0v) is 14.9. The van der Waals surface area contributed by atoms with Crippen LogP contribution >= 0.6 is 0 Å². The smallest absolute Gasteiger partial charge is 0.335 e. The van der Waals surface area contributed by atoms with Crippen molar-refractivity contribution in [2.75, 3.05) is 13.1 Å². The SMILES string of the molecule is O=C(O)c1cccc(CCNC(=O)C2CC(=O)N(Cc3ccccc3)C2)c1. The lowest BCUT2D eigenvalue weighted by Gasteiger charge is -2.16. The topological polar surface area (TPSA) is 86.7 Å². The van der Waals surface area contributed by atoms with Crippen molar-refractivity contribution >= 4 is 17.8 Å². The van der Waals surface area contributed by atoms with E-state index in [1.807, 2.05) is 36.4 Å². The van der Waals surface area contributed by atoms with Gasteiger partial charge in [0, 0.05) is 26.1 Å². The molecule has 0 bridgehead atoms. The van der Waals surface area contributed by atoms with Gasteiger partial charge in [-0.2, -0.15) is 0 Å². The third-order valence-electron chi connectivity index (χ3n) is 4.69. The van der Waals surface area contributed by atoms with E-state index in [1.54, 1.807) is 17.0 Å². The number of nitrogens with zero attached hydrogens (tertiary/aromatic N) is 1. The van der Waals surface area contributed by atoms with Gasteiger partial charge in [-0.3, -0.25) is 9.59 Å². The number of carbonyl (C=O) groups is 3. The molecule has 1 aliphatic rings. The monoisotopic (exact) mass is 366 g/mol. The number of nitrogens with one attached hydrogen (secondary N) is 1. The third-order valence-corrected chi connectivity index (χ3v) is 4.69. The normalized spacial score (nSPS) is 16.4. The number of hydrogen-bond donors (Lipinski definition) is 2. The third kappa shape index (κ3) is 4.94. The van der Waals surface area contributed by atoms with Crippen molar-refractivity contribution in [3.05, 3.63) is 71.3 Å². The Balaban J connectivity index is 1.48. The number of benzene rings is 2. The van der Waals surface area contributed by atoms with Crippen LogP contribution in [0, 0.1) is 5.92 Å². The lowest BCUT2D eigenvalue weighted by atomic mass is 10.1. The average molecular weight is 366 g/mol. The van der Waals surface area contributed by atoms with E-state index in [1.165, 1.54) is 6.07 Å². The summed E-state index contributed by atoms with van der Waals surface area (Å²) >= 11 is 0. The first kappa shape index (κ1) is 18.6. The molecule has 0 aliphatic carbocycles. The molecule has 1 unspecified atom stereocenters. The molecule has 1 fully saturated rings. The summed E-state index contributed by atoms with van der Waals surface area (Å²) in [4.78, 5) is 37.3. The summed E-state index contributed by atoms with van der Waals surface area (Å²) in [5, 5.41) is 11.9. The first-order valence-corrected chi connectivity index (χ1v) is 8.94. The number of likely N-dealkylation sites (tertiary alicyclic amines) is 1. The second-order valence-electron chi connectivity index (χ2n) is 6.71. The van der Waals surface area contributed by atoms with Gasteiger partial charge < -0.3 is 15.3 Å². The van der Waals surface area contributed by atoms with Crippen LogP contribution in [-0.2, 0) is 22.6 Å². The Labute approximate surface area is 157 Å². The minimum atomic E-state index is -0.969. The van der Waals surface area contributed by atoms with E-state index in [9.17, 15) is 14.4 Å². The van der Waals surface area contributed by atoms with Crippen molar-refractivity contribution in [2.45, 2.75) is 19.4 Å². The first-order valence-electron chi connectivity index (χ1n) is 8.94. The summed E-state index contributed by atoms with van der Waals surface area (Å²) in [6.45, 7) is 1.35. The van der Waals surface area contributed by atoms with Crippen LogP contribution in [-0.4, -0.2) is 40.9 Å². The maximum atomic E-state index is 12.4. The second kappa shape index (κ2) is 8.49. The zero-order valence-electron chi connectivity index (χ0n) is 14.9. The van der Waals surface area contributed by atoms with Crippen molar-refractivity contribution in [3.63, 3.8) is 0 Å². The summed E-state index contributed by atoms with van der Waals surface area (Å²) in [6.07, 6.45) is 0.772. The van der Waals surface area contributed by atoms with Gasteiger partial charge in [0.05, 0.1) is 11.5 Å². The molecule has 2 amide bonds. The molecule has 2 N–H and O–H groups in total. The van der Waals surface area contributed by atoms with Crippen LogP contribution in [0.3, 0.4) is 0 Å². The molecule has 1 heterocycles. The molecule has 0 spiro atoms. The molecule has 140 valence electrons. The quantitative estimate of drug-likeness (QED) is 0.786. The van der Waals surface area contributed by atoms with Gasteiger partial charge in [0.15, 0.2) is 0 Å². The fraction of sp³-hybridized carbons (Fsp3) is 0.286. The Bertz CT molecular complexity index is 835. The molecule has 27 heavy (non-hydrogen) atoms. The standard InChI is InChI=1S/C21H22N2O4/c24-19-12-18(14-23(19)13-16-5-2-1-3-6-16)20(25)22-10-9-15-7-4-8-17(11-15)21(26)27/h1-8,11,18H,9-10,12-14H2,(H,22,25)(H,26,27). The summed E-state index contributed by atoms with van der Waals surface area (Å²) in [5.74, 6) is -1.45. The van der Waals surface area contributed by atoms with Gasteiger partial charge in [0.1, 0.15) is 0 Å². The Morgan fingerprint density at radius 3 is 2.56 bits per heavy atom. The molecular formula is C21H22N2O4. The molecule has 1 aliphatic heterocycles. The molecule has 2 aromatic carbocycles. The van der Waals surface area contributed by atoms with E-state index in [4.69, 9.17) is 5.11 Å². The summed E-state index contributed by atoms with van der Waals surface area (Å²) in [5.41, 5.74) is 2.13. The highest BCUT2D eigenvalue weighted by Gasteiger charge is 2.33. The molecule has 6 heteroatoms. The van der Waals surface area contributed by atoms with E-state index >= 15 is 0 Å². The Hall–Kier alpha value is -3.15. The maximum Gasteiger partial charge on any atom is 0.335 e. The molecule has 1 atom stereocenters. The fourth-order valence-electron chi connectivity index (χ4n) is 3.24. The fourth-order valence-corrected chi connectivity index (χ4v) is 3.24.